The Morgan fingerprint density at radius 1 is 1.38 bits per heavy atom. The molecule has 7 heteroatoms. The Kier molecular flexibility index (Phi) is 5.19. The second-order valence-corrected chi connectivity index (χ2v) is 6.41. The van der Waals surface area contributed by atoms with Crippen molar-refractivity contribution in [3.8, 4) is 6.07 Å². The summed E-state index contributed by atoms with van der Waals surface area (Å²) in [7, 11) is 1.26. The molecule has 24 heavy (non-hydrogen) atoms. The van der Waals surface area contributed by atoms with E-state index in [0.717, 1.165) is 17.7 Å². The predicted octanol–water partition coefficient (Wildman–Crippen LogP) is 3.03. The molecule has 1 fully saturated rings. The van der Waals surface area contributed by atoms with Gasteiger partial charge in [-0.1, -0.05) is 30.3 Å². The Hall–Kier alpha value is -2.07. The molecule has 0 aromatic heterocycles. The minimum Gasteiger partial charge on any atom is -0.337 e. The molecule has 0 aliphatic heterocycles. The molecule has 1 aromatic rings. The topological polar surface area (TPSA) is 56.1 Å². The third-order valence-electron chi connectivity index (χ3n) is 4.28. The first-order chi connectivity index (χ1) is 11.2. The van der Waals surface area contributed by atoms with E-state index >= 15 is 0 Å². The molecular formula is C17H20F3N3O. The first-order valence-electron chi connectivity index (χ1n) is 7.71. The minimum absolute atomic E-state index is 0.0734. The third-order valence-corrected chi connectivity index (χ3v) is 4.28. The number of hydrogen-bond acceptors (Lipinski definition) is 3. The third kappa shape index (κ3) is 4.26. The Balaban J connectivity index is 2.09. The normalized spacial score (nSPS) is 18.5. The highest BCUT2D eigenvalue weighted by molar-refractivity contribution is 5.79. The average Bonchev–Trinajstić information content (AvgIpc) is 3.31. The fraction of sp³-hybridized carbons (Fsp3) is 0.529. The zero-order valence-electron chi connectivity index (χ0n) is 13.6. The van der Waals surface area contributed by atoms with Gasteiger partial charge in [-0.3, -0.25) is 9.69 Å². The summed E-state index contributed by atoms with van der Waals surface area (Å²) in [5.74, 6) is -0.511. The van der Waals surface area contributed by atoms with Crippen LogP contribution in [0.5, 0.6) is 0 Å². The van der Waals surface area contributed by atoms with Crippen LogP contribution in [0, 0.1) is 17.2 Å². The zero-order valence-corrected chi connectivity index (χ0v) is 13.6. The van der Waals surface area contributed by atoms with Crippen molar-refractivity contribution in [1.29, 1.82) is 5.26 Å². The Morgan fingerprint density at radius 3 is 2.42 bits per heavy atom. The SMILES string of the molecule is CN(CC(=O)N[C@@](C)(C#N)C1CC1)[C@@H](c1ccccc1)C(F)(F)F. The smallest absolute Gasteiger partial charge is 0.337 e. The molecule has 0 radical (unpaired) electrons. The number of nitrogens with one attached hydrogen (secondary N) is 1. The highest BCUT2D eigenvalue weighted by atomic mass is 19.4. The van der Waals surface area contributed by atoms with Gasteiger partial charge in [0.15, 0.2) is 0 Å². The number of halogens is 3. The number of nitriles is 1. The molecule has 0 saturated heterocycles. The maximum absolute atomic E-state index is 13.4. The van der Waals surface area contributed by atoms with Gasteiger partial charge in [0.25, 0.3) is 0 Å². The molecule has 0 heterocycles. The predicted molar refractivity (Wildman–Crippen MR) is 82.8 cm³/mol. The van der Waals surface area contributed by atoms with Crippen LogP contribution in [0.2, 0.25) is 0 Å². The molecule has 0 spiro atoms. The number of nitrogens with zero attached hydrogens (tertiary/aromatic N) is 2. The van der Waals surface area contributed by atoms with E-state index in [-0.39, 0.29) is 11.5 Å². The van der Waals surface area contributed by atoms with E-state index in [0.29, 0.717) is 0 Å². The lowest BCUT2D eigenvalue weighted by Gasteiger charge is -2.31. The van der Waals surface area contributed by atoms with Gasteiger partial charge in [-0.15, -0.1) is 0 Å². The van der Waals surface area contributed by atoms with Crippen LogP contribution in [-0.2, 0) is 4.79 Å². The largest absolute Gasteiger partial charge is 0.408 e. The van der Waals surface area contributed by atoms with Crippen molar-refractivity contribution in [2.75, 3.05) is 13.6 Å². The Labute approximate surface area is 139 Å². The lowest BCUT2D eigenvalue weighted by molar-refractivity contribution is -0.183. The quantitative estimate of drug-likeness (QED) is 0.867. The maximum Gasteiger partial charge on any atom is 0.408 e. The number of carbonyl (C=O) groups is 1. The summed E-state index contributed by atoms with van der Waals surface area (Å²) in [4.78, 5) is 13.1. The average molecular weight is 339 g/mol. The summed E-state index contributed by atoms with van der Waals surface area (Å²) in [5, 5.41) is 11.8. The number of rotatable bonds is 6. The van der Waals surface area contributed by atoms with Gasteiger partial charge in [-0.05, 0) is 38.3 Å². The van der Waals surface area contributed by atoms with Crippen LogP contribution >= 0.6 is 0 Å². The van der Waals surface area contributed by atoms with Gasteiger partial charge in [0.05, 0.1) is 12.6 Å². The summed E-state index contributed by atoms with van der Waals surface area (Å²) >= 11 is 0. The van der Waals surface area contributed by atoms with Gasteiger partial charge in [0, 0.05) is 0 Å². The molecule has 2 rings (SSSR count). The van der Waals surface area contributed by atoms with Crippen molar-refractivity contribution in [3.63, 3.8) is 0 Å². The maximum atomic E-state index is 13.4. The summed E-state index contributed by atoms with van der Waals surface area (Å²) < 4.78 is 40.3. The van der Waals surface area contributed by atoms with Gasteiger partial charge in [0.2, 0.25) is 5.91 Å². The van der Waals surface area contributed by atoms with Crippen molar-refractivity contribution < 1.29 is 18.0 Å². The van der Waals surface area contributed by atoms with Crippen LogP contribution < -0.4 is 5.32 Å². The monoisotopic (exact) mass is 339 g/mol. The number of carbonyl (C=O) groups excluding carboxylic acids is 1. The summed E-state index contributed by atoms with van der Waals surface area (Å²) in [6.07, 6.45) is -2.82. The van der Waals surface area contributed by atoms with Crippen molar-refractivity contribution in [2.45, 2.75) is 37.5 Å². The molecule has 2 atom stereocenters. The molecule has 4 nitrogen and oxygen atoms in total. The van der Waals surface area contributed by atoms with E-state index in [1.807, 2.05) is 0 Å². The molecule has 130 valence electrons. The first-order valence-corrected chi connectivity index (χ1v) is 7.71. The fourth-order valence-electron chi connectivity index (χ4n) is 2.86. The summed E-state index contributed by atoms with van der Waals surface area (Å²) in [6, 6.07) is 7.65. The lowest BCUT2D eigenvalue weighted by atomic mass is 9.98. The van der Waals surface area contributed by atoms with Crippen molar-refractivity contribution >= 4 is 5.91 Å². The van der Waals surface area contributed by atoms with E-state index in [2.05, 4.69) is 11.4 Å². The molecular weight excluding hydrogens is 319 g/mol. The standard InChI is InChI=1S/C17H20F3N3O/c1-16(11-21,13-8-9-13)22-14(24)10-23(2)15(17(18,19)20)12-6-4-3-5-7-12/h3-7,13,15H,8-10H2,1-2H3,(H,22,24)/t15-,16-/m0/s1. The van der Waals surface area contributed by atoms with Crippen molar-refractivity contribution in [3.05, 3.63) is 35.9 Å². The van der Waals surface area contributed by atoms with Gasteiger partial charge in [0.1, 0.15) is 11.6 Å². The highest BCUT2D eigenvalue weighted by Gasteiger charge is 2.45. The van der Waals surface area contributed by atoms with Crippen LogP contribution in [-0.4, -0.2) is 36.1 Å². The Morgan fingerprint density at radius 2 is 1.96 bits per heavy atom. The number of hydrogen-bond donors (Lipinski definition) is 1. The second-order valence-electron chi connectivity index (χ2n) is 6.41. The molecule has 1 N–H and O–H groups in total. The zero-order chi connectivity index (χ0) is 18.0. The number of amides is 1. The number of alkyl halides is 3. The number of likely N-dealkylation sites (N-methyl/N-ethyl adjacent to an activating group) is 1. The molecule has 1 aromatic carbocycles. The van der Waals surface area contributed by atoms with Crippen molar-refractivity contribution in [2.24, 2.45) is 5.92 Å². The minimum atomic E-state index is -4.51. The lowest BCUT2D eigenvalue weighted by Crippen LogP contribution is -2.51. The molecule has 1 aliphatic carbocycles. The van der Waals surface area contributed by atoms with E-state index in [1.165, 1.54) is 31.3 Å². The molecule has 1 aliphatic rings. The fourth-order valence-corrected chi connectivity index (χ4v) is 2.86. The van der Waals surface area contributed by atoms with Crippen LogP contribution in [0.4, 0.5) is 13.2 Å². The van der Waals surface area contributed by atoms with Gasteiger partial charge in [-0.25, -0.2) is 0 Å². The van der Waals surface area contributed by atoms with E-state index < -0.39 is 30.2 Å². The molecule has 1 amide bonds. The Bertz CT molecular complexity index is 622. The van der Waals surface area contributed by atoms with Gasteiger partial charge in [-0.2, -0.15) is 18.4 Å². The highest BCUT2D eigenvalue weighted by Crippen LogP contribution is 2.39. The van der Waals surface area contributed by atoms with E-state index in [4.69, 9.17) is 0 Å². The van der Waals surface area contributed by atoms with Gasteiger partial charge < -0.3 is 5.32 Å². The summed E-state index contributed by atoms with van der Waals surface area (Å²) in [6.45, 7) is 1.17. The van der Waals surface area contributed by atoms with Crippen LogP contribution in [0.15, 0.2) is 30.3 Å². The van der Waals surface area contributed by atoms with Crippen LogP contribution in [0.25, 0.3) is 0 Å². The van der Waals surface area contributed by atoms with Crippen molar-refractivity contribution in [1.82, 2.24) is 10.2 Å². The number of benzene rings is 1. The van der Waals surface area contributed by atoms with E-state index in [1.54, 1.807) is 13.0 Å². The molecule has 0 bridgehead atoms. The van der Waals surface area contributed by atoms with Crippen LogP contribution in [0.3, 0.4) is 0 Å². The molecule has 1 saturated carbocycles. The van der Waals surface area contributed by atoms with E-state index in [9.17, 15) is 23.2 Å². The van der Waals surface area contributed by atoms with Crippen LogP contribution in [0.1, 0.15) is 31.4 Å². The second kappa shape index (κ2) is 6.81. The first kappa shape index (κ1) is 18.3. The molecule has 0 unspecified atom stereocenters. The van der Waals surface area contributed by atoms with Gasteiger partial charge >= 0.3 is 6.18 Å². The summed E-state index contributed by atoms with van der Waals surface area (Å²) in [5.41, 5.74) is -0.941.